The molecule has 2 N–H and O–H groups in total. The van der Waals surface area contributed by atoms with Crippen molar-refractivity contribution in [1.82, 2.24) is 15.0 Å². The van der Waals surface area contributed by atoms with E-state index in [1.165, 1.54) is 16.7 Å². The van der Waals surface area contributed by atoms with Gasteiger partial charge < -0.3 is 5.32 Å². The molecular formula is C13H17Cl2N3O2S2. The van der Waals surface area contributed by atoms with E-state index in [4.69, 9.17) is 11.6 Å². The standard InChI is InChI=1S/C13H16ClN3O2S2.ClH/c1-9(15-2)7-16-21(18,19)12-8-20-13(17-12)10-3-5-11(14)6-4-10;/h3-6,8-9,15-16H,7H2,1-2H3;1H. The largest absolute Gasteiger partial charge is 0.316 e. The Balaban J connectivity index is 0.00000242. The topological polar surface area (TPSA) is 71.1 Å². The minimum absolute atomic E-state index is 0. The number of nitrogens with zero attached hydrogens (tertiary/aromatic N) is 1. The van der Waals surface area contributed by atoms with E-state index in [1.54, 1.807) is 19.2 Å². The first-order chi connectivity index (χ1) is 9.92. The van der Waals surface area contributed by atoms with E-state index in [1.807, 2.05) is 19.1 Å². The summed E-state index contributed by atoms with van der Waals surface area (Å²) in [6.45, 7) is 2.20. The molecule has 2 aromatic rings. The van der Waals surface area contributed by atoms with Crippen LogP contribution < -0.4 is 10.0 Å². The summed E-state index contributed by atoms with van der Waals surface area (Å²) in [5.41, 5.74) is 0.842. The van der Waals surface area contributed by atoms with Crippen LogP contribution in [0.25, 0.3) is 10.6 Å². The predicted octanol–water partition coefficient (Wildman–Crippen LogP) is 2.77. The van der Waals surface area contributed by atoms with Crippen molar-refractivity contribution in [3.05, 3.63) is 34.7 Å². The molecule has 2 rings (SSSR count). The number of nitrogens with one attached hydrogen (secondary N) is 2. The van der Waals surface area contributed by atoms with Crippen LogP contribution in [0.1, 0.15) is 6.92 Å². The average Bonchev–Trinajstić information content (AvgIpc) is 2.96. The first kappa shape index (κ1) is 19.3. The Hall–Kier alpha value is -0.700. The van der Waals surface area contributed by atoms with Crippen molar-refractivity contribution in [1.29, 1.82) is 0 Å². The van der Waals surface area contributed by atoms with Crippen molar-refractivity contribution in [2.75, 3.05) is 13.6 Å². The highest BCUT2D eigenvalue weighted by Crippen LogP contribution is 2.26. The quantitative estimate of drug-likeness (QED) is 0.806. The number of halogens is 2. The Kier molecular flexibility index (Phi) is 7.24. The second-order valence-electron chi connectivity index (χ2n) is 4.54. The van der Waals surface area contributed by atoms with E-state index in [2.05, 4.69) is 15.0 Å². The summed E-state index contributed by atoms with van der Waals surface area (Å²) in [7, 11) is -1.80. The number of likely N-dealkylation sites (N-methyl/N-ethyl adjacent to an activating group) is 1. The zero-order valence-corrected chi connectivity index (χ0v) is 15.2. The Morgan fingerprint density at radius 3 is 2.55 bits per heavy atom. The molecule has 0 aliphatic heterocycles. The number of hydrogen-bond acceptors (Lipinski definition) is 5. The van der Waals surface area contributed by atoms with Gasteiger partial charge in [0.2, 0.25) is 0 Å². The van der Waals surface area contributed by atoms with Crippen LogP contribution in [-0.2, 0) is 10.0 Å². The molecule has 1 aromatic heterocycles. The molecular weight excluding hydrogens is 365 g/mol. The number of aromatic nitrogens is 1. The molecule has 5 nitrogen and oxygen atoms in total. The van der Waals surface area contributed by atoms with Crippen LogP contribution in [0.15, 0.2) is 34.7 Å². The third-order valence-electron chi connectivity index (χ3n) is 2.92. The first-order valence-electron chi connectivity index (χ1n) is 6.31. The van der Waals surface area contributed by atoms with Crippen LogP contribution >= 0.6 is 35.3 Å². The van der Waals surface area contributed by atoms with Crippen LogP contribution in [-0.4, -0.2) is 33.0 Å². The van der Waals surface area contributed by atoms with Gasteiger partial charge in [0.25, 0.3) is 10.0 Å². The summed E-state index contributed by atoms with van der Waals surface area (Å²) in [4.78, 5) is 4.19. The third-order valence-corrected chi connectivity index (χ3v) is 5.52. The lowest BCUT2D eigenvalue weighted by atomic mass is 10.2. The molecule has 0 radical (unpaired) electrons. The number of thiazole rings is 1. The van der Waals surface area contributed by atoms with Crippen LogP contribution in [0.5, 0.6) is 0 Å². The average molecular weight is 382 g/mol. The minimum atomic E-state index is -3.58. The van der Waals surface area contributed by atoms with Gasteiger partial charge in [-0.25, -0.2) is 18.1 Å². The van der Waals surface area contributed by atoms with E-state index < -0.39 is 10.0 Å². The van der Waals surface area contributed by atoms with E-state index in [0.29, 0.717) is 16.6 Å². The second-order valence-corrected chi connectivity index (χ2v) is 7.55. The van der Waals surface area contributed by atoms with Gasteiger partial charge in [0.1, 0.15) is 5.01 Å². The monoisotopic (exact) mass is 381 g/mol. The van der Waals surface area contributed by atoms with Gasteiger partial charge >= 0.3 is 0 Å². The van der Waals surface area contributed by atoms with E-state index in [0.717, 1.165) is 5.56 Å². The van der Waals surface area contributed by atoms with E-state index >= 15 is 0 Å². The van der Waals surface area contributed by atoms with Gasteiger partial charge in [0, 0.05) is 28.6 Å². The zero-order chi connectivity index (χ0) is 15.5. The normalized spacial score (nSPS) is 12.7. The predicted molar refractivity (Wildman–Crippen MR) is 93.5 cm³/mol. The van der Waals surface area contributed by atoms with Gasteiger partial charge in [-0.15, -0.1) is 23.7 Å². The highest BCUT2D eigenvalue weighted by atomic mass is 35.5. The summed E-state index contributed by atoms with van der Waals surface area (Å²) in [5, 5.41) is 5.83. The van der Waals surface area contributed by atoms with Crippen molar-refractivity contribution >= 4 is 45.4 Å². The molecule has 9 heteroatoms. The van der Waals surface area contributed by atoms with Gasteiger partial charge in [-0.1, -0.05) is 23.7 Å². The second kappa shape index (κ2) is 8.24. The Morgan fingerprint density at radius 1 is 1.32 bits per heavy atom. The molecule has 0 aliphatic rings. The fourth-order valence-corrected chi connectivity index (χ4v) is 3.87. The smallest absolute Gasteiger partial charge is 0.258 e. The summed E-state index contributed by atoms with van der Waals surface area (Å²) in [6.07, 6.45) is 0. The summed E-state index contributed by atoms with van der Waals surface area (Å²) in [5.74, 6) is 0. The maximum Gasteiger partial charge on any atom is 0.258 e. The first-order valence-corrected chi connectivity index (χ1v) is 9.05. The van der Waals surface area contributed by atoms with Gasteiger partial charge in [0.15, 0.2) is 5.03 Å². The number of rotatable bonds is 6. The third kappa shape index (κ3) is 4.91. The van der Waals surface area contributed by atoms with E-state index in [9.17, 15) is 8.42 Å². The van der Waals surface area contributed by atoms with Crippen LogP contribution in [0.3, 0.4) is 0 Å². The van der Waals surface area contributed by atoms with Crippen LogP contribution in [0.2, 0.25) is 5.02 Å². The van der Waals surface area contributed by atoms with Gasteiger partial charge in [-0.2, -0.15) is 0 Å². The van der Waals surface area contributed by atoms with Crippen molar-refractivity contribution in [3.63, 3.8) is 0 Å². The molecule has 0 saturated carbocycles. The molecule has 1 aromatic carbocycles. The molecule has 1 heterocycles. The molecule has 0 saturated heterocycles. The highest BCUT2D eigenvalue weighted by Gasteiger charge is 2.19. The Bertz CT molecular complexity index is 702. The van der Waals surface area contributed by atoms with Gasteiger partial charge in [-0.3, -0.25) is 0 Å². The number of benzene rings is 1. The lowest BCUT2D eigenvalue weighted by molar-refractivity contribution is 0.552. The number of hydrogen-bond donors (Lipinski definition) is 2. The molecule has 122 valence electrons. The van der Waals surface area contributed by atoms with Crippen molar-refractivity contribution in [3.8, 4) is 10.6 Å². The van der Waals surface area contributed by atoms with Crippen LogP contribution in [0.4, 0.5) is 0 Å². The van der Waals surface area contributed by atoms with E-state index in [-0.39, 0.29) is 23.5 Å². The molecule has 0 aliphatic carbocycles. The summed E-state index contributed by atoms with van der Waals surface area (Å²) in [6, 6.07) is 7.18. The SMILES string of the molecule is CNC(C)CNS(=O)(=O)c1csc(-c2ccc(Cl)cc2)n1.Cl. The fraction of sp³-hybridized carbons (Fsp3) is 0.308. The lowest BCUT2D eigenvalue weighted by Gasteiger charge is -2.10. The van der Waals surface area contributed by atoms with Crippen molar-refractivity contribution < 1.29 is 8.42 Å². The van der Waals surface area contributed by atoms with Gasteiger partial charge in [0.05, 0.1) is 0 Å². The molecule has 1 atom stereocenters. The van der Waals surface area contributed by atoms with Crippen molar-refractivity contribution in [2.24, 2.45) is 0 Å². The van der Waals surface area contributed by atoms with Gasteiger partial charge in [-0.05, 0) is 26.1 Å². The molecule has 0 spiro atoms. The highest BCUT2D eigenvalue weighted by molar-refractivity contribution is 7.89. The van der Waals surface area contributed by atoms with Crippen molar-refractivity contribution in [2.45, 2.75) is 18.0 Å². The molecule has 0 fully saturated rings. The maximum absolute atomic E-state index is 12.1. The summed E-state index contributed by atoms with van der Waals surface area (Å²) < 4.78 is 26.8. The molecule has 0 amide bonds. The molecule has 22 heavy (non-hydrogen) atoms. The zero-order valence-electron chi connectivity index (χ0n) is 12.0. The fourth-order valence-electron chi connectivity index (χ4n) is 1.52. The molecule has 0 bridgehead atoms. The molecule has 1 unspecified atom stereocenters. The maximum atomic E-state index is 12.1. The minimum Gasteiger partial charge on any atom is -0.316 e. The Labute approximate surface area is 145 Å². The lowest BCUT2D eigenvalue weighted by Crippen LogP contribution is -2.37. The summed E-state index contributed by atoms with van der Waals surface area (Å²) >= 11 is 7.12. The number of sulfonamides is 1. The Morgan fingerprint density at radius 2 is 1.95 bits per heavy atom. The van der Waals surface area contributed by atoms with Crippen LogP contribution in [0, 0.1) is 0 Å².